The molecule has 5 rings (SSSR count). The Balaban J connectivity index is 0.963. The van der Waals surface area contributed by atoms with Gasteiger partial charge < -0.3 is 24.4 Å². The molecule has 1 atom stereocenters. The molecule has 3 aliphatic heterocycles. The molecule has 1 aromatic rings. The van der Waals surface area contributed by atoms with Gasteiger partial charge in [0.15, 0.2) is 11.5 Å². The number of benzene rings is 1. The highest BCUT2D eigenvalue weighted by Crippen LogP contribution is 2.42. The molecule has 1 aliphatic carbocycles. The summed E-state index contributed by atoms with van der Waals surface area (Å²) in [5.41, 5.74) is 1.34. The number of rotatable bonds is 8. The largest absolute Gasteiger partial charge is 0.454 e. The maximum Gasteiger partial charge on any atom is 0.231 e. The molecule has 4 aliphatic rings. The summed E-state index contributed by atoms with van der Waals surface area (Å²) in [4.78, 5) is 14.8. The van der Waals surface area contributed by atoms with Gasteiger partial charge in [-0.2, -0.15) is 0 Å². The number of amides is 1. The summed E-state index contributed by atoms with van der Waals surface area (Å²) in [5, 5.41) is 3.17. The Labute approximate surface area is 198 Å². The fraction of sp³-hybridized carbons (Fsp3) is 0.741. The smallest absolute Gasteiger partial charge is 0.231 e. The minimum Gasteiger partial charge on any atom is -0.454 e. The summed E-state index contributed by atoms with van der Waals surface area (Å²) in [6.07, 6.45) is 11.7. The van der Waals surface area contributed by atoms with Crippen molar-refractivity contribution >= 4 is 5.91 Å². The normalized spacial score (nSPS) is 28.2. The average Bonchev–Trinajstić information content (AvgIpc) is 3.54. The van der Waals surface area contributed by atoms with Crippen LogP contribution in [0.3, 0.4) is 0 Å². The molecule has 0 bridgehead atoms. The second kappa shape index (κ2) is 11.1. The third kappa shape index (κ3) is 6.02. The van der Waals surface area contributed by atoms with Crippen molar-refractivity contribution in [2.45, 2.75) is 76.2 Å². The number of hydrogen-bond acceptors (Lipinski definition) is 5. The Morgan fingerprint density at radius 1 is 1.00 bits per heavy atom. The molecule has 0 radical (unpaired) electrons. The fourth-order valence-electron chi connectivity index (χ4n) is 6.17. The lowest BCUT2D eigenvalue weighted by Crippen LogP contribution is -2.35. The minimum absolute atomic E-state index is 0.154. The van der Waals surface area contributed by atoms with Crippen LogP contribution in [0.5, 0.6) is 11.5 Å². The van der Waals surface area contributed by atoms with Crippen LogP contribution in [-0.4, -0.2) is 56.5 Å². The topological polar surface area (TPSA) is 60.0 Å². The van der Waals surface area contributed by atoms with E-state index in [0.717, 1.165) is 43.4 Å². The number of nitrogens with one attached hydrogen (secondary N) is 1. The third-order valence-corrected chi connectivity index (χ3v) is 8.30. The van der Waals surface area contributed by atoms with Crippen molar-refractivity contribution < 1.29 is 19.0 Å². The lowest BCUT2D eigenvalue weighted by molar-refractivity contribution is -0.123. The van der Waals surface area contributed by atoms with Gasteiger partial charge in [-0.15, -0.1) is 0 Å². The lowest BCUT2D eigenvalue weighted by Gasteiger charge is -2.34. The number of piperidine rings is 1. The number of hydrogen-bond donors (Lipinski definition) is 1. The van der Waals surface area contributed by atoms with Crippen LogP contribution >= 0.6 is 0 Å². The van der Waals surface area contributed by atoms with Crippen molar-refractivity contribution in [3.05, 3.63) is 23.8 Å². The van der Waals surface area contributed by atoms with E-state index in [1.807, 2.05) is 6.07 Å². The summed E-state index contributed by atoms with van der Waals surface area (Å²) < 4.78 is 16.9. The van der Waals surface area contributed by atoms with Crippen LogP contribution in [0.4, 0.5) is 0 Å². The van der Waals surface area contributed by atoms with Crippen molar-refractivity contribution in [3.8, 4) is 11.5 Å². The van der Waals surface area contributed by atoms with Crippen LogP contribution in [0.2, 0.25) is 0 Å². The molecule has 3 heterocycles. The number of fused-ring (bicyclic) bond motifs is 1. The van der Waals surface area contributed by atoms with E-state index < -0.39 is 0 Å². The van der Waals surface area contributed by atoms with E-state index in [1.54, 1.807) is 0 Å². The predicted molar refractivity (Wildman–Crippen MR) is 128 cm³/mol. The molecule has 182 valence electrons. The number of nitrogens with zero attached hydrogens (tertiary/aromatic N) is 1. The molecule has 1 N–H and O–H groups in total. The van der Waals surface area contributed by atoms with Gasteiger partial charge >= 0.3 is 0 Å². The van der Waals surface area contributed by atoms with Gasteiger partial charge in [0.2, 0.25) is 12.7 Å². The SMILES string of the molecule is O=C(CC1CCCO1)NCC1CCC(CCN2CCC(c3cccc4c3OCO4)CC2)CC1. The van der Waals surface area contributed by atoms with Crippen LogP contribution in [-0.2, 0) is 9.53 Å². The fourth-order valence-corrected chi connectivity index (χ4v) is 6.17. The molecule has 33 heavy (non-hydrogen) atoms. The van der Waals surface area contributed by atoms with Crippen molar-refractivity contribution in [1.82, 2.24) is 10.2 Å². The standard InChI is InChI=1S/C27H40N2O4/c30-26(17-23-3-2-16-31-23)28-18-21-8-6-20(7-9-21)10-13-29-14-11-22(12-15-29)24-4-1-5-25-27(24)33-19-32-25/h1,4-5,20-23H,2-3,6-19H2,(H,28,30). The summed E-state index contributed by atoms with van der Waals surface area (Å²) in [7, 11) is 0. The number of carbonyl (C=O) groups is 1. The zero-order valence-electron chi connectivity index (χ0n) is 19.9. The van der Waals surface area contributed by atoms with Gasteiger partial charge in [-0.05, 0) is 88.4 Å². The van der Waals surface area contributed by atoms with E-state index >= 15 is 0 Å². The van der Waals surface area contributed by atoms with Crippen LogP contribution in [0.25, 0.3) is 0 Å². The van der Waals surface area contributed by atoms with E-state index in [9.17, 15) is 4.79 Å². The quantitative estimate of drug-likeness (QED) is 0.625. The molecule has 1 amide bonds. The van der Waals surface area contributed by atoms with Crippen LogP contribution < -0.4 is 14.8 Å². The van der Waals surface area contributed by atoms with Crippen molar-refractivity contribution in [2.24, 2.45) is 11.8 Å². The zero-order chi connectivity index (χ0) is 22.5. The Bertz CT molecular complexity index is 778. The van der Waals surface area contributed by atoms with Gasteiger partial charge in [-0.25, -0.2) is 0 Å². The number of para-hydroxylation sites is 1. The predicted octanol–water partition coefficient (Wildman–Crippen LogP) is 4.48. The van der Waals surface area contributed by atoms with E-state index in [2.05, 4.69) is 22.3 Å². The lowest BCUT2D eigenvalue weighted by atomic mass is 9.80. The third-order valence-electron chi connectivity index (χ3n) is 8.30. The van der Waals surface area contributed by atoms with E-state index in [0.29, 0.717) is 25.0 Å². The van der Waals surface area contributed by atoms with Crippen molar-refractivity contribution in [3.63, 3.8) is 0 Å². The average molecular weight is 457 g/mol. The summed E-state index contributed by atoms with van der Waals surface area (Å²) in [6, 6.07) is 6.33. The van der Waals surface area contributed by atoms with E-state index in [1.165, 1.54) is 70.1 Å². The number of likely N-dealkylation sites (tertiary alicyclic amines) is 1. The molecule has 1 unspecified atom stereocenters. The van der Waals surface area contributed by atoms with Crippen LogP contribution in [0, 0.1) is 11.8 Å². The maximum absolute atomic E-state index is 12.1. The Kier molecular flexibility index (Phi) is 7.72. The molecule has 3 fully saturated rings. The molecule has 0 aromatic heterocycles. The minimum atomic E-state index is 0.154. The summed E-state index contributed by atoms with van der Waals surface area (Å²) in [6.45, 7) is 5.62. The first-order valence-electron chi connectivity index (χ1n) is 13.2. The first kappa shape index (κ1) is 23.0. The Morgan fingerprint density at radius 2 is 1.82 bits per heavy atom. The van der Waals surface area contributed by atoms with Gasteiger partial charge in [-0.1, -0.05) is 25.0 Å². The van der Waals surface area contributed by atoms with Gasteiger partial charge in [0.05, 0.1) is 12.5 Å². The van der Waals surface area contributed by atoms with E-state index in [-0.39, 0.29) is 12.0 Å². The second-order valence-electron chi connectivity index (χ2n) is 10.5. The van der Waals surface area contributed by atoms with Crippen LogP contribution in [0.1, 0.15) is 75.7 Å². The van der Waals surface area contributed by atoms with Gasteiger partial charge in [0, 0.05) is 18.7 Å². The Hall–Kier alpha value is -1.79. The highest BCUT2D eigenvalue weighted by Gasteiger charge is 2.28. The van der Waals surface area contributed by atoms with Gasteiger partial charge in [-0.3, -0.25) is 4.79 Å². The van der Waals surface area contributed by atoms with Gasteiger partial charge in [0.25, 0.3) is 0 Å². The molecule has 1 aromatic carbocycles. The zero-order valence-corrected chi connectivity index (χ0v) is 19.9. The monoisotopic (exact) mass is 456 g/mol. The van der Waals surface area contributed by atoms with Crippen molar-refractivity contribution in [1.29, 1.82) is 0 Å². The molecular formula is C27H40N2O4. The maximum atomic E-state index is 12.1. The molecule has 1 saturated carbocycles. The van der Waals surface area contributed by atoms with Crippen LogP contribution in [0.15, 0.2) is 18.2 Å². The summed E-state index contributed by atoms with van der Waals surface area (Å²) in [5.74, 6) is 4.16. The summed E-state index contributed by atoms with van der Waals surface area (Å²) >= 11 is 0. The van der Waals surface area contributed by atoms with Crippen molar-refractivity contribution in [2.75, 3.05) is 39.6 Å². The van der Waals surface area contributed by atoms with E-state index in [4.69, 9.17) is 14.2 Å². The second-order valence-corrected chi connectivity index (χ2v) is 10.5. The molecule has 2 saturated heterocycles. The highest BCUT2D eigenvalue weighted by atomic mass is 16.7. The number of ether oxygens (including phenoxy) is 3. The molecule has 0 spiro atoms. The Morgan fingerprint density at radius 3 is 2.61 bits per heavy atom. The van der Waals surface area contributed by atoms with Gasteiger partial charge in [0.1, 0.15) is 0 Å². The highest BCUT2D eigenvalue weighted by molar-refractivity contribution is 5.76. The first-order valence-corrected chi connectivity index (χ1v) is 13.2. The molecular weight excluding hydrogens is 416 g/mol. The molecule has 6 heteroatoms. The first-order chi connectivity index (χ1) is 16.2. The molecule has 6 nitrogen and oxygen atoms in total. The number of carbonyl (C=O) groups excluding carboxylic acids is 1.